The molecule has 4 nitrogen and oxygen atoms in total. The number of aliphatic hydroxyl groups excluding tert-OH is 2. The van der Waals surface area contributed by atoms with Crippen molar-refractivity contribution in [3.05, 3.63) is 34.9 Å². The molecule has 0 aliphatic carbocycles. The minimum atomic E-state index is -4.49. The Kier molecular flexibility index (Phi) is 3.98. The second-order valence-electron chi connectivity index (χ2n) is 3.86. The smallest absolute Gasteiger partial charge is 0.385 e. The molecule has 0 heterocycles. The molecule has 0 spiro atoms. The summed E-state index contributed by atoms with van der Waals surface area (Å²) in [7, 11) is 0. The normalized spacial score (nSPS) is 15.2. The van der Waals surface area contributed by atoms with Gasteiger partial charge in [0, 0.05) is 0 Å². The SMILES string of the molecule is Cc1cc(C(F)(F)F)ccc1C(O)C(O)C(N)=O. The summed E-state index contributed by atoms with van der Waals surface area (Å²) in [6.07, 6.45) is -8.00. The Morgan fingerprint density at radius 1 is 1.33 bits per heavy atom. The van der Waals surface area contributed by atoms with Crippen LogP contribution in [0, 0.1) is 6.92 Å². The Hall–Kier alpha value is -1.60. The van der Waals surface area contributed by atoms with Gasteiger partial charge in [-0.05, 0) is 30.2 Å². The third kappa shape index (κ3) is 2.99. The fourth-order valence-electron chi connectivity index (χ4n) is 1.51. The fraction of sp³-hybridized carbons (Fsp3) is 0.364. The fourth-order valence-corrected chi connectivity index (χ4v) is 1.51. The zero-order valence-corrected chi connectivity index (χ0v) is 9.40. The summed E-state index contributed by atoms with van der Waals surface area (Å²) >= 11 is 0. The number of aryl methyl sites for hydroxylation is 1. The van der Waals surface area contributed by atoms with Crippen LogP contribution >= 0.6 is 0 Å². The number of alkyl halides is 3. The van der Waals surface area contributed by atoms with Gasteiger partial charge in [-0.15, -0.1) is 0 Å². The maximum absolute atomic E-state index is 12.4. The van der Waals surface area contributed by atoms with Crippen LogP contribution in [0.5, 0.6) is 0 Å². The van der Waals surface area contributed by atoms with Crippen molar-refractivity contribution in [2.45, 2.75) is 25.3 Å². The number of nitrogens with two attached hydrogens (primary N) is 1. The van der Waals surface area contributed by atoms with Crippen molar-refractivity contribution in [1.29, 1.82) is 0 Å². The highest BCUT2D eigenvalue weighted by atomic mass is 19.4. The summed E-state index contributed by atoms with van der Waals surface area (Å²) in [6.45, 7) is 1.33. The van der Waals surface area contributed by atoms with E-state index >= 15 is 0 Å². The zero-order chi connectivity index (χ0) is 14.1. The molecule has 0 saturated carbocycles. The average Bonchev–Trinajstić information content (AvgIpc) is 2.25. The second-order valence-corrected chi connectivity index (χ2v) is 3.86. The van der Waals surface area contributed by atoms with Gasteiger partial charge in [-0.2, -0.15) is 13.2 Å². The number of benzene rings is 1. The molecule has 0 bridgehead atoms. The number of hydrogen-bond donors (Lipinski definition) is 3. The summed E-state index contributed by atoms with van der Waals surface area (Å²) < 4.78 is 37.2. The lowest BCUT2D eigenvalue weighted by Crippen LogP contribution is -2.34. The Morgan fingerprint density at radius 3 is 2.28 bits per heavy atom. The number of rotatable bonds is 3. The Bertz CT molecular complexity index is 459. The van der Waals surface area contributed by atoms with Gasteiger partial charge < -0.3 is 15.9 Å². The molecule has 0 radical (unpaired) electrons. The van der Waals surface area contributed by atoms with Gasteiger partial charge in [-0.3, -0.25) is 4.79 Å². The molecule has 2 unspecified atom stereocenters. The van der Waals surface area contributed by atoms with Crippen LogP contribution in [-0.2, 0) is 11.0 Å². The number of amides is 1. The number of halogens is 3. The molecule has 0 aromatic heterocycles. The molecule has 0 aliphatic rings. The maximum Gasteiger partial charge on any atom is 0.416 e. The van der Waals surface area contributed by atoms with Gasteiger partial charge in [-0.25, -0.2) is 0 Å². The van der Waals surface area contributed by atoms with E-state index in [2.05, 4.69) is 0 Å². The lowest BCUT2D eigenvalue weighted by atomic mass is 9.97. The molecule has 4 N–H and O–H groups in total. The van der Waals surface area contributed by atoms with Crippen LogP contribution in [0.4, 0.5) is 13.2 Å². The van der Waals surface area contributed by atoms with Gasteiger partial charge >= 0.3 is 6.18 Å². The van der Waals surface area contributed by atoms with Crippen LogP contribution in [0.3, 0.4) is 0 Å². The predicted octanol–water partition coefficient (Wildman–Crippen LogP) is 0.893. The first-order valence-electron chi connectivity index (χ1n) is 4.97. The van der Waals surface area contributed by atoms with E-state index in [1.54, 1.807) is 0 Å². The Morgan fingerprint density at radius 2 is 1.89 bits per heavy atom. The van der Waals surface area contributed by atoms with Crippen molar-refractivity contribution in [3.8, 4) is 0 Å². The molecule has 7 heteroatoms. The van der Waals surface area contributed by atoms with E-state index in [1.165, 1.54) is 6.92 Å². The van der Waals surface area contributed by atoms with Gasteiger partial charge in [0.05, 0.1) is 5.56 Å². The topological polar surface area (TPSA) is 83.6 Å². The first kappa shape index (κ1) is 14.5. The van der Waals surface area contributed by atoms with Crippen LogP contribution in [-0.4, -0.2) is 22.2 Å². The standard InChI is InChI=1S/C11H12F3NO3/c1-5-4-6(11(12,13)14)2-3-7(5)8(16)9(17)10(15)18/h2-4,8-9,16-17H,1H3,(H2,15,18). The summed E-state index contributed by atoms with van der Waals surface area (Å²) in [6, 6.07) is 2.60. The maximum atomic E-state index is 12.4. The number of carbonyl (C=O) groups is 1. The van der Waals surface area contributed by atoms with Crippen molar-refractivity contribution in [2.24, 2.45) is 5.73 Å². The highest BCUT2D eigenvalue weighted by molar-refractivity contribution is 5.79. The van der Waals surface area contributed by atoms with E-state index in [9.17, 15) is 28.2 Å². The number of hydrogen-bond acceptors (Lipinski definition) is 3. The zero-order valence-electron chi connectivity index (χ0n) is 9.40. The minimum Gasteiger partial charge on any atom is -0.385 e. The number of aliphatic hydroxyl groups is 2. The van der Waals surface area contributed by atoms with Crippen molar-refractivity contribution in [3.63, 3.8) is 0 Å². The first-order chi connectivity index (χ1) is 8.14. The predicted molar refractivity (Wildman–Crippen MR) is 56.3 cm³/mol. The van der Waals surface area contributed by atoms with Crippen LogP contribution < -0.4 is 5.73 Å². The highest BCUT2D eigenvalue weighted by Gasteiger charge is 2.32. The van der Waals surface area contributed by atoms with Crippen molar-refractivity contribution in [2.75, 3.05) is 0 Å². The molecule has 1 amide bonds. The van der Waals surface area contributed by atoms with Crippen molar-refractivity contribution < 1.29 is 28.2 Å². The van der Waals surface area contributed by atoms with Crippen LogP contribution in [0.2, 0.25) is 0 Å². The van der Waals surface area contributed by atoms with Crippen molar-refractivity contribution >= 4 is 5.91 Å². The van der Waals surface area contributed by atoms with Crippen LogP contribution in [0.25, 0.3) is 0 Å². The second kappa shape index (κ2) is 4.95. The van der Waals surface area contributed by atoms with Gasteiger partial charge in [0.25, 0.3) is 0 Å². The van der Waals surface area contributed by atoms with Gasteiger partial charge in [0.1, 0.15) is 6.10 Å². The summed E-state index contributed by atoms with van der Waals surface area (Å²) in [5, 5.41) is 18.9. The van der Waals surface area contributed by atoms with Crippen molar-refractivity contribution in [1.82, 2.24) is 0 Å². The van der Waals surface area contributed by atoms with E-state index in [0.29, 0.717) is 0 Å². The molecule has 18 heavy (non-hydrogen) atoms. The van der Waals surface area contributed by atoms with Gasteiger partial charge in [-0.1, -0.05) is 6.07 Å². The molecular weight excluding hydrogens is 251 g/mol. The average molecular weight is 263 g/mol. The van der Waals surface area contributed by atoms with E-state index in [-0.39, 0.29) is 11.1 Å². The lowest BCUT2D eigenvalue weighted by Gasteiger charge is -2.18. The lowest BCUT2D eigenvalue weighted by molar-refractivity contribution is -0.138. The van der Waals surface area contributed by atoms with E-state index in [4.69, 9.17) is 5.73 Å². The molecule has 1 rings (SSSR count). The molecular formula is C11H12F3NO3. The van der Waals surface area contributed by atoms with E-state index < -0.39 is 29.9 Å². The third-order valence-electron chi connectivity index (χ3n) is 2.51. The molecule has 0 aliphatic heterocycles. The Labute approximate surface area is 101 Å². The third-order valence-corrected chi connectivity index (χ3v) is 2.51. The first-order valence-corrected chi connectivity index (χ1v) is 4.97. The largest absolute Gasteiger partial charge is 0.416 e. The highest BCUT2D eigenvalue weighted by Crippen LogP contribution is 2.32. The summed E-state index contributed by atoms with van der Waals surface area (Å²) in [4.78, 5) is 10.7. The van der Waals surface area contributed by atoms with Gasteiger partial charge in [0.15, 0.2) is 6.10 Å². The van der Waals surface area contributed by atoms with Gasteiger partial charge in [0.2, 0.25) is 5.91 Å². The van der Waals surface area contributed by atoms with Crippen LogP contribution in [0.1, 0.15) is 22.8 Å². The summed E-state index contributed by atoms with van der Waals surface area (Å²) in [5.41, 5.74) is 4.06. The van der Waals surface area contributed by atoms with E-state index in [0.717, 1.165) is 18.2 Å². The molecule has 100 valence electrons. The monoisotopic (exact) mass is 263 g/mol. The number of carbonyl (C=O) groups excluding carboxylic acids is 1. The molecule has 1 aromatic rings. The minimum absolute atomic E-state index is 0.0225. The molecule has 1 aromatic carbocycles. The Balaban J connectivity index is 3.10. The molecule has 0 saturated heterocycles. The molecule has 0 fully saturated rings. The summed E-state index contributed by atoms with van der Waals surface area (Å²) in [5.74, 6) is -1.15. The molecule has 2 atom stereocenters. The number of primary amides is 1. The van der Waals surface area contributed by atoms with E-state index in [1.807, 2.05) is 0 Å². The van der Waals surface area contributed by atoms with Crippen LogP contribution in [0.15, 0.2) is 18.2 Å². The quantitative estimate of drug-likeness (QED) is 0.757.